The van der Waals surface area contributed by atoms with Crippen molar-refractivity contribution in [2.75, 3.05) is 4.90 Å². The summed E-state index contributed by atoms with van der Waals surface area (Å²) in [4.78, 5) is 6.91. The third-order valence-corrected chi connectivity index (χ3v) is 4.77. The highest BCUT2D eigenvalue weighted by atomic mass is 15.2. The highest BCUT2D eigenvalue weighted by Gasteiger charge is 2.36. The molecule has 2 heteroatoms. The van der Waals surface area contributed by atoms with E-state index in [1.807, 2.05) is 6.20 Å². The Hall–Kier alpha value is -2.61. The van der Waals surface area contributed by atoms with Gasteiger partial charge in [0.1, 0.15) is 0 Å². The number of hydrogen-bond acceptors (Lipinski definition) is 2. The topological polar surface area (TPSA) is 16.1 Å². The molecule has 1 aliphatic heterocycles. The second kappa shape index (κ2) is 4.95. The largest absolute Gasteiger partial charge is 0.310 e. The Morgan fingerprint density at radius 2 is 1.52 bits per heavy atom. The third-order valence-electron chi connectivity index (χ3n) is 4.77. The predicted octanol–water partition coefficient (Wildman–Crippen LogP) is 5.50. The molecule has 2 aromatic carbocycles. The van der Waals surface area contributed by atoms with Gasteiger partial charge in [-0.25, -0.2) is 0 Å². The second-order valence-corrected chi connectivity index (χ2v) is 6.66. The Kier molecular flexibility index (Phi) is 3.02. The summed E-state index contributed by atoms with van der Waals surface area (Å²) >= 11 is 0. The number of nitrogens with zero attached hydrogens (tertiary/aromatic N) is 2. The van der Waals surface area contributed by atoms with Crippen LogP contribution >= 0.6 is 0 Å². The van der Waals surface area contributed by atoms with Gasteiger partial charge < -0.3 is 4.90 Å². The fraction of sp³-hybridized carbons (Fsp3) is 0.190. The number of aromatic nitrogens is 1. The van der Waals surface area contributed by atoms with Gasteiger partial charge in [-0.15, -0.1) is 0 Å². The molecule has 0 amide bonds. The van der Waals surface area contributed by atoms with Crippen LogP contribution in [0.25, 0.3) is 0 Å². The molecule has 0 N–H and O–H groups in total. The molecular formula is C21H20N2. The highest BCUT2D eigenvalue weighted by Crippen LogP contribution is 2.51. The molecule has 2 nitrogen and oxygen atoms in total. The van der Waals surface area contributed by atoms with Gasteiger partial charge in [-0.3, -0.25) is 4.98 Å². The monoisotopic (exact) mass is 300 g/mol. The molecule has 2 heterocycles. The lowest BCUT2D eigenvalue weighted by atomic mass is 9.74. The maximum Gasteiger partial charge on any atom is 0.0536 e. The minimum Gasteiger partial charge on any atom is -0.310 e. The maximum atomic E-state index is 4.56. The van der Waals surface area contributed by atoms with E-state index in [2.05, 4.69) is 91.3 Å². The maximum absolute atomic E-state index is 4.56. The number of aryl methyl sites for hydroxylation is 1. The molecule has 0 bridgehead atoms. The SMILES string of the molecule is Cc1cc2c(cn1)C(C)(C)c1ccccc1N2c1ccccc1. The zero-order chi connectivity index (χ0) is 16.0. The number of anilines is 3. The van der Waals surface area contributed by atoms with Crippen LogP contribution in [0.2, 0.25) is 0 Å². The van der Waals surface area contributed by atoms with Crippen LogP contribution in [0.3, 0.4) is 0 Å². The van der Waals surface area contributed by atoms with Crippen molar-refractivity contribution in [3.63, 3.8) is 0 Å². The van der Waals surface area contributed by atoms with Crippen molar-refractivity contribution < 1.29 is 0 Å². The fourth-order valence-electron chi connectivity index (χ4n) is 3.54. The lowest BCUT2D eigenvalue weighted by molar-refractivity contribution is 0.628. The van der Waals surface area contributed by atoms with Crippen molar-refractivity contribution >= 4 is 17.1 Å². The lowest BCUT2D eigenvalue weighted by Gasteiger charge is -2.41. The van der Waals surface area contributed by atoms with E-state index in [0.717, 1.165) is 5.69 Å². The first-order valence-electron chi connectivity index (χ1n) is 8.01. The number of rotatable bonds is 1. The van der Waals surface area contributed by atoms with Gasteiger partial charge >= 0.3 is 0 Å². The van der Waals surface area contributed by atoms with E-state index in [9.17, 15) is 0 Å². The first kappa shape index (κ1) is 14.0. The minimum atomic E-state index is -0.0576. The fourth-order valence-corrected chi connectivity index (χ4v) is 3.54. The summed E-state index contributed by atoms with van der Waals surface area (Å²) in [6, 6.07) is 21.4. The molecule has 1 aliphatic rings. The van der Waals surface area contributed by atoms with Gasteiger partial charge in [0.2, 0.25) is 0 Å². The van der Waals surface area contributed by atoms with E-state index in [4.69, 9.17) is 0 Å². The van der Waals surface area contributed by atoms with Crippen LogP contribution in [-0.2, 0) is 5.41 Å². The summed E-state index contributed by atoms with van der Waals surface area (Å²) in [5.74, 6) is 0. The Balaban J connectivity index is 2.06. The van der Waals surface area contributed by atoms with Crippen molar-refractivity contribution in [1.29, 1.82) is 0 Å². The molecule has 0 saturated heterocycles. The molecule has 23 heavy (non-hydrogen) atoms. The summed E-state index contributed by atoms with van der Waals surface area (Å²) in [5.41, 5.74) is 7.25. The molecule has 0 spiro atoms. The minimum absolute atomic E-state index is 0.0576. The highest BCUT2D eigenvalue weighted by molar-refractivity contribution is 5.85. The number of benzene rings is 2. The first-order chi connectivity index (χ1) is 11.1. The molecule has 0 atom stereocenters. The summed E-state index contributed by atoms with van der Waals surface area (Å²) in [6.45, 7) is 6.62. The van der Waals surface area contributed by atoms with E-state index >= 15 is 0 Å². The first-order valence-corrected chi connectivity index (χ1v) is 8.01. The normalized spacial score (nSPS) is 15.0. The molecule has 0 aliphatic carbocycles. The van der Waals surface area contributed by atoms with Crippen molar-refractivity contribution in [2.24, 2.45) is 0 Å². The third kappa shape index (κ3) is 2.06. The molecule has 3 aromatic rings. The molecular weight excluding hydrogens is 280 g/mol. The summed E-state index contributed by atoms with van der Waals surface area (Å²) in [6.07, 6.45) is 2.04. The van der Waals surface area contributed by atoms with E-state index in [1.54, 1.807) is 0 Å². The Morgan fingerprint density at radius 3 is 2.30 bits per heavy atom. The number of hydrogen-bond donors (Lipinski definition) is 0. The van der Waals surface area contributed by atoms with E-state index in [-0.39, 0.29) is 5.41 Å². The molecule has 114 valence electrons. The van der Waals surface area contributed by atoms with Gasteiger partial charge in [0.05, 0.1) is 11.4 Å². The molecule has 0 fully saturated rings. The Morgan fingerprint density at radius 1 is 0.826 bits per heavy atom. The average molecular weight is 300 g/mol. The van der Waals surface area contributed by atoms with Crippen LogP contribution in [0, 0.1) is 6.92 Å². The Labute approximate surface area is 137 Å². The van der Waals surface area contributed by atoms with E-state index < -0.39 is 0 Å². The average Bonchev–Trinajstić information content (AvgIpc) is 2.56. The van der Waals surface area contributed by atoms with Crippen LogP contribution in [0.4, 0.5) is 17.1 Å². The smallest absolute Gasteiger partial charge is 0.0536 e. The molecule has 1 aromatic heterocycles. The summed E-state index contributed by atoms with van der Waals surface area (Å²) < 4.78 is 0. The van der Waals surface area contributed by atoms with Crippen molar-refractivity contribution in [3.8, 4) is 0 Å². The van der Waals surface area contributed by atoms with Gasteiger partial charge in [0.15, 0.2) is 0 Å². The van der Waals surface area contributed by atoms with Gasteiger partial charge in [0, 0.05) is 28.6 Å². The molecule has 0 unspecified atom stereocenters. The summed E-state index contributed by atoms with van der Waals surface area (Å²) in [5, 5.41) is 0. The number of fused-ring (bicyclic) bond motifs is 2. The standard InChI is InChI=1S/C21H20N2/c1-15-13-20-18(14-22-15)21(2,3)17-11-7-8-12-19(17)23(20)16-9-5-4-6-10-16/h4-14H,1-3H3. The van der Waals surface area contributed by atoms with Gasteiger partial charge in [-0.05, 0) is 36.8 Å². The van der Waals surface area contributed by atoms with Gasteiger partial charge in [-0.2, -0.15) is 0 Å². The van der Waals surface area contributed by atoms with Gasteiger partial charge in [0.25, 0.3) is 0 Å². The van der Waals surface area contributed by atoms with Crippen LogP contribution in [0.5, 0.6) is 0 Å². The quantitative estimate of drug-likeness (QED) is 0.590. The number of para-hydroxylation sites is 2. The van der Waals surface area contributed by atoms with Crippen LogP contribution in [0.1, 0.15) is 30.7 Å². The van der Waals surface area contributed by atoms with Crippen molar-refractivity contribution in [3.05, 3.63) is 83.7 Å². The van der Waals surface area contributed by atoms with Crippen LogP contribution in [0.15, 0.2) is 66.9 Å². The lowest BCUT2D eigenvalue weighted by Crippen LogP contribution is -2.30. The molecule has 0 saturated carbocycles. The number of pyridine rings is 1. The predicted molar refractivity (Wildman–Crippen MR) is 95.8 cm³/mol. The van der Waals surface area contributed by atoms with Crippen LogP contribution in [-0.4, -0.2) is 4.98 Å². The second-order valence-electron chi connectivity index (χ2n) is 6.66. The van der Waals surface area contributed by atoms with Gasteiger partial charge in [-0.1, -0.05) is 50.2 Å². The van der Waals surface area contributed by atoms with Crippen LogP contribution < -0.4 is 4.90 Å². The van der Waals surface area contributed by atoms with Crippen molar-refractivity contribution in [1.82, 2.24) is 4.98 Å². The molecule has 0 radical (unpaired) electrons. The molecule has 4 rings (SSSR count). The van der Waals surface area contributed by atoms with Crippen molar-refractivity contribution in [2.45, 2.75) is 26.2 Å². The van der Waals surface area contributed by atoms with E-state index in [0.29, 0.717) is 0 Å². The Bertz CT molecular complexity index is 866. The zero-order valence-electron chi connectivity index (χ0n) is 13.7. The zero-order valence-corrected chi connectivity index (χ0v) is 13.7. The van der Waals surface area contributed by atoms with E-state index in [1.165, 1.54) is 28.2 Å². The summed E-state index contributed by atoms with van der Waals surface area (Å²) in [7, 11) is 0.